The van der Waals surface area contributed by atoms with Gasteiger partial charge >= 0.3 is 0 Å². The topological polar surface area (TPSA) is 120 Å². The third-order valence-corrected chi connectivity index (χ3v) is 9.60. The Morgan fingerprint density at radius 3 is 2.63 bits per heavy atom. The highest BCUT2D eigenvalue weighted by Gasteiger charge is 2.42. The van der Waals surface area contributed by atoms with E-state index in [-0.39, 0.29) is 6.04 Å². The molecule has 0 bridgehead atoms. The molecular formula is C32H45N5O5Si. The molecule has 0 saturated carbocycles. The number of oxazole rings is 1. The Labute approximate surface area is 254 Å². The van der Waals surface area contributed by atoms with Crippen LogP contribution in [0.1, 0.15) is 55.6 Å². The molecule has 5 rings (SSSR count). The van der Waals surface area contributed by atoms with Crippen LogP contribution in [0.3, 0.4) is 0 Å². The highest BCUT2D eigenvalue weighted by atomic mass is 28.3. The lowest BCUT2D eigenvalue weighted by atomic mass is 10.0. The number of hydrogen-bond donors (Lipinski definition) is 1. The second kappa shape index (κ2) is 13.7. The van der Waals surface area contributed by atoms with Gasteiger partial charge in [-0.25, -0.2) is 9.97 Å². The van der Waals surface area contributed by atoms with Crippen LogP contribution in [-0.2, 0) is 26.7 Å². The van der Waals surface area contributed by atoms with Crippen molar-refractivity contribution in [2.24, 2.45) is 5.73 Å². The molecule has 0 radical (unpaired) electrons. The molecule has 1 aromatic carbocycles. The summed E-state index contributed by atoms with van der Waals surface area (Å²) in [6.07, 6.45) is 9.34. The molecule has 3 aromatic heterocycles. The second-order valence-electron chi connectivity index (χ2n) is 12.5. The maximum absolute atomic E-state index is 6.80. The molecule has 1 aliphatic rings. The van der Waals surface area contributed by atoms with Crippen molar-refractivity contribution < 1.29 is 23.4 Å². The zero-order valence-corrected chi connectivity index (χ0v) is 27.1. The van der Waals surface area contributed by atoms with Gasteiger partial charge in [0.1, 0.15) is 24.6 Å². The predicted molar refractivity (Wildman–Crippen MR) is 168 cm³/mol. The molecule has 43 heavy (non-hydrogen) atoms. The average Bonchev–Trinajstić information content (AvgIpc) is 3.75. The van der Waals surface area contributed by atoms with Gasteiger partial charge < -0.3 is 33.7 Å². The minimum atomic E-state index is -1.23. The monoisotopic (exact) mass is 607 g/mol. The third-order valence-electron chi connectivity index (χ3n) is 7.89. The first kappa shape index (κ1) is 31.3. The lowest BCUT2D eigenvalue weighted by Gasteiger charge is -2.23. The number of unbranched alkanes of at least 4 members (excludes halogenated alkanes) is 2. The molecular weight excluding hydrogens is 562 g/mol. The van der Waals surface area contributed by atoms with Crippen LogP contribution in [0.25, 0.3) is 22.2 Å². The van der Waals surface area contributed by atoms with E-state index in [1.165, 1.54) is 0 Å². The van der Waals surface area contributed by atoms with Crippen LogP contribution in [-0.4, -0.2) is 54.5 Å². The number of nitrogens with zero attached hydrogens (tertiary/aromatic N) is 4. The number of benzene rings is 1. The van der Waals surface area contributed by atoms with Gasteiger partial charge in [-0.1, -0.05) is 38.5 Å². The molecule has 0 aliphatic carbocycles. The van der Waals surface area contributed by atoms with Gasteiger partial charge in [0.15, 0.2) is 0 Å². The third kappa shape index (κ3) is 7.53. The summed E-state index contributed by atoms with van der Waals surface area (Å²) in [5.41, 5.74) is 10.5. The summed E-state index contributed by atoms with van der Waals surface area (Å²) in [6, 6.07) is 9.06. The molecule has 11 heteroatoms. The van der Waals surface area contributed by atoms with Gasteiger partial charge in [-0.05, 0) is 37.9 Å². The normalized spacial score (nSPS) is 15.8. The van der Waals surface area contributed by atoms with Crippen LogP contribution in [0.5, 0.6) is 5.75 Å². The maximum atomic E-state index is 6.80. The molecule has 10 nitrogen and oxygen atoms in total. The lowest BCUT2D eigenvalue weighted by Crippen LogP contribution is -2.27. The molecule has 1 atom stereocenters. The number of aromatic nitrogens is 4. The van der Waals surface area contributed by atoms with Crippen molar-refractivity contribution in [3.63, 3.8) is 0 Å². The van der Waals surface area contributed by atoms with E-state index in [2.05, 4.69) is 46.3 Å². The summed E-state index contributed by atoms with van der Waals surface area (Å²) in [4.78, 5) is 13.8. The van der Waals surface area contributed by atoms with E-state index in [9.17, 15) is 0 Å². The van der Waals surface area contributed by atoms with Crippen molar-refractivity contribution in [3.8, 4) is 17.0 Å². The molecule has 1 aliphatic heterocycles. The van der Waals surface area contributed by atoms with Crippen molar-refractivity contribution in [1.82, 2.24) is 19.5 Å². The van der Waals surface area contributed by atoms with E-state index in [1.54, 1.807) is 19.6 Å². The molecule has 0 spiro atoms. The number of aryl methyl sites for hydroxylation is 1. The fourth-order valence-electron chi connectivity index (χ4n) is 5.46. The number of imidazole rings is 1. The summed E-state index contributed by atoms with van der Waals surface area (Å²) in [7, 11) is 0.457. The summed E-state index contributed by atoms with van der Waals surface area (Å²) >= 11 is 0. The van der Waals surface area contributed by atoms with Crippen LogP contribution in [0.4, 0.5) is 0 Å². The minimum absolute atomic E-state index is 0.246. The summed E-state index contributed by atoms with van der Waals surface area (Å²) < 4.78 is 31.5. The van der Waals surface area contributed by atoms with E-state index in [0.717, 1.165) is 71.2 Å². The first-order valence-corrected chi connectivity index (χ1v) is 18.9. The van der Waals surface area contributed by atoms with Gasteiger partial charge in [-0.3, -0.25) is 4.98 Å². The van der Waals surface area contributed by atoms with Gasteiger partial charge in [-0.2, -0.15) is 0 Å². The van der Waals surface area contributed by atoms with Crippen LogP contribution >= 0.6 is 0 Å². The molecule has 4 aromatic rings. The average molecular weight is 608 g/mol. The Hall–Kier alpha value is -3.09. The van der Waals surface area contributed by atoms with E-state index in [0.29, 0.717) is 38.9 Å². The summed E-state index contributed by atoms with van der Waals surface area (Å²) in [6.45, 7) is 11.2. The number of methoxy groups -OCH3 is 1. The standard InChI is InChI=1S/C32H45N5O5Si/c1-23-10-11-24-19-25(29(38-2)20-27(24)36-23)28-21-35-30(37(28)22-39-17-18-43(3,4)5)26(33)9-7-6-8-12-32(41-15-16-42-32)31-34-13-14-40-31/h10-11,13-14,19-21,26H,6-9,12,15-18,22,33H2,1-5H3. The Morgan fingerprint density at radius 2 is 1.91 bits per heavy atom. The van der Waals surface area contributed by atoms with Crippen molar-refractivity contribution in [2.75, 3.05) is 26.9 Å². The molecule has 0 amide bonds. The number of fused-ring (bicyclic) bond motifs is 1. The van der Waals surface area contributed by atoms with Crippen molar-refractivity contribution in [2.45, 2.75) is 83.3 Å². The predicted octanol–water partition coefficient (Wildman–Crippen LogP) is 6.57. The van der Waals surface area contributed by atoms with E-state index < -0.39 is 13.9 Å². The number of hydrogen-bond acceptors (Lipinski definition) is 9. The summed E-state index contributed by atoms with van der Waals surface area (Å²) in [5, 5.41) is 1.04. The maximum Gasteiger partial charge on any atom is 0.255 e. The van der Waals surface area contributed by atoms with Gasteiger partial charge in [0.25, 0.3) is 5.89 Å². The van der Waals surface area contributed by atoms with E-state index in [4.69, 9.17) is 34.1 Å². The van der Waals surface area contributed by atoms with Crippen LogP contribution in [0, 0.1) is 6.92 Å². The molecule has 2 N–H and O–H groups in total. The fraction of sp³-hybridized carbons (Fsp3) is 0.531. The van der Waals surface area contributed by atoms with Gasteiger partial charge in [0.2, 0.25) is 5.79 Å². The smallest absolute Gasteiger partial charge is 0.255 e. The zero-order chi connectivity index (χ0) is 30.5. The van der Waals surface area contributed by atoms with E-state index >= 15 is 0 Å². The van der Waals surface area contributed by atoms with Crippen molar-refractivity contribution >= 4 is 19.0 Å². The minimum Gasteiger partial charge on any atom is -0.496 e. The zero-order valence-electron chi connectivity index (χ0n) is 26.1. The largest absolute Gasteiger partial charge is 0.496 e. The van der Waals surface area contributed by atoms with Crippen molar-refractivity contribution in [3.05, 3.63) is 60.3 Å². The first-order chi connectivity index (χ1) is 20.7. The molecule has 1 unspecified atom stereocenters. The molecule has 1 fully saturated rings. The lowest BCUT2D eigenvalue weighted by molar-refractivity contribution is -0.187. The quantitative estimate of drug-likeness (QED) is 0.118. The molecule has 232 valence electrons. The number of pyridine rings is 1. The highest BCUT2D eigenvalue weighted by molar-refractivity contribution is 6.76. The van der Waals surface area contributed by atoms with Gasteiger partial charge in [-0.15, -0.1) is 0 Å². The van der Waals surface area contributed by atoms with Crippen LogP contribution in [0.15, 0.2) is 47.3 Å². The Morgan fingerprint density at radius 1 is 1.09 bits per heavy atom. The van der Waals surface area contributed by atoms with Crippen LogP contribution < -0.4 is 10.5 Å². The Balaban J connectivity index is 1.30. The number of rotatable bonds is 15. The Bertz CT molecular complexity index is 1480. The number of nitrogens with two attached hydrogens (primary N) is 1. The SMILES string of the molecule is COc1cc2nc(C)ccc2cc1-c1cnc(C(N)CCCCCC2(c3ncco3)OCCO2)n1COCC[Si](C)(C)C. The molecule has 1 saturated heterocycles. The van der Waals surface area contributed by atoms with E-state index in [1.807, 2.05) is 25.3 Å². The summed E-state index contributed by atoms with van der Waals surface area (Å²) in [5.74, 6) is 1.16. The van der Waals surface area contributed by atoms with Gasteiger partial charge in [0, 0.05) is 43.8 Å². The molecule has 4 heterocycles. The number of ether oxygens (including phenoxy) is 4. The van der Waals surface area contributed by atoms with Crippen LogP contribution in [0.2, 0.25) is 25.7 Å². The highest BCUT2D eigenvalue weighted by Crippen LogP contribution is 2.37. The van der Waals surface area contributed by atoms with Crippen molar-refractivity contribution in [1.29, 1.82) is 0 Å². The van der Waals surface area contributed by atoms with Gasteiger partial charge in [0.05, 0.1) is 50.0 Å². The fourth-order valence-corrected chi connectivity index (χ4v) is 6.22. The first-order valence-electron chi connectivity index (χ1n) is 15.2. The Kier molecular flexibility index (Phi) is 9.98. The second-order valence-corrected chi connectivity index (χ2v) is 18.1.